The number of hydrogen-bond donors (Lipinski definition) is 1. The Bertz CT molecular complexity index is 609. The van der Waals surface area contributed by atoms with Crippen LogP contribution in [0.4, 0.5) is 0 Å². The first-order chi connectivity index (χ1) is 9.20. The maximum atomic E-state index is 12.4. The Kier molecular flexibility index (Phi) is 4.03. The van der Waals surface area contributed by atoms with E-state index < -0.39 is 15.6 Å². The van der Waals surface area contributed by atoms with Gasteiger partial charge >= 0.3 is 0 Å². The summed E-state index contributed by atoms with van der Waals surface area (Å²) in [5, 5.41) is 10.4. The molecule has 2 rings (SSSR count). The predicted molar refractivity (Wildman–Crippen MR) is 76.6 cm³/mol. The van der Waals surface area contributed by atoms with Crippen LogP contribution in [0.25, 0.3) is 0 Å². The third kappa shape index (κ3) is 2.53. The zero-order valence-electron chi connectivity index (χ0n) is 11.6. The number of ether oxygens (including phenoxy) is 1. The Labute approximate surface area is 124 Å². The number of rotatable bonds is 4. The first-order valence-electron chi connectivity index (χ1n) is 6.27. The Morgan fingerprint density at radius 1 is 1.40 bits per heavy atom. The highest BCUT2D eigenvalue weighted by Gasteiger charge is 2.49. The van der Waals surface area contributed by atoms with Gasteiger partial charge in [-0.15, -0.1) is 0 Å². The summed E-state index contributed by atoms with van der Waals surface area (Å²) in [5.74, 6) is 0.432. The predicted octanol–water partition coefficient (Wildman–Crippen LogP) is 1.74. The van der Waals surface area contributed by atoms with Crippen LogP contribution in [0, 0.1) is 5.92 Å². The number of aliphatic hydroxyl groups is 1. The van der Waals surface area contributed by atoms with Crippen LogP contribution >= 0.6 is 11.6 Å². The lowest BCUT2D eigenvalue weighted by atomic mass is 9.85. The minimum atomic E-state index is -3.62. The molecule has 0 amide bonds. The fourth-order valence-electron chi connectivity index (χ4n) is 2.06. The summed E-state index contributed by atoms with van der Waals surface area (Å²) in [7, 11) is -2.16. The van der Waals surface area contributed by atoms with Crippen LogP contribution in [0.3, 0.4) is 0 Å². The van der Waals surface area contributed by atoms with Gasteiger partial charge in [-0.05, 0) is 24.1 Å². The maximum absolute atomic E-state index is 12.4. The molecule has 0 unspecified atom stereocenters. The molecule has 1 aliphatic rings. The largest absolute Gasteiger partial charge is 0.495 e. The second-order valence-electron chi connectivity index (χ2n) is 5.33. The molecule has 1 fully saturated rings. The minimum Gasteiger partial charge on any atom is -0.495 e. The SMILES string of the molecule is COc1ccc(S(=O)(=O)N2CC(O)(C(C)C)C2)cc1Cl. The molecule has 5 nitrogen and oxygen atoms in total. The second kappa shape index (κ2) is 5.18. The van der Waals surface area contributed by atoms with Crippen LogP contribution in [0.15, 0.2) is 23.1 Å². The van der Waals surface area contributed by atoms with Crippen LogP contribution < -0.4 is 4.74 Å². The van der Waals surface area contributed by atoms with Gasteiger partial charge < -0.3 is 9.84 Å². The van der Waals surface area contributed by atoms with Crippen molar-refractivity contribution in [2.45, 2.75) is 24.3 Å². The van der Waals surface area contributed by atoms with E-state index >= 15 is 0 Å². The number of methoxy groups -OCH3 is 1. The van der Waals surface area contributed by atoms with Crippen molar-refractivity contribution in [1.29, 1.82) is 0 Å². The smallest absolute Gasteiger partial charge is 0.243 e. The fraction of sp³-hybridized carbons (Fsp3) is 0.538. The van der Waals surface area contributed by atoms with Gasteiger partial charge in [-0.1, -0.05) is 25.4 Å². The van der Waals surface area contributed by atoms with Gasteiger partial charge in [0.15, 0.2) is 0 Å². The quantitative estimate of drug-likeness (QED) is 0.918. The van der Waals surface area contributed by atoms with Gasteiger partial charge in [0.2, 0.25) is 10.0 Å². The highest BCUT2D eigenvalue weighted by Crippen LogP contribution is 2.35. The molecule has 1 saturated heterocycles. The van der Waals surface area contributed by atoms with Crippen molar-refractivity contribution in [3.05, 3.63) is 23.2 Å². The molecule has 1 aliphatic heterocycles. The normalized spacial score (nSPS) is 18.9. The Hall–Kier alpha value is -0.820. The molecule has 20 heavy (non-hydrogen) atoms. The first kappa shape index (κ1) is 15.6. The van der Waals surface area contributed by atoms with Crippen molar-refractivity contribution in [2.75, 3.05) is 20.2 Å². The molecular formula is C13H18ClNO4S. The third-order valence-corrected chi connectivity index (χ3v) is 5.82. The van der Waals surface area contributed by atoms with E-state index in [2.05, 4.69) is 0 Å². The van der Waals surface area contributed by atoms with Crippen molar-refractivity contribution in [2.24, 2.45) is 5.92 Å². The van der Waals surface area contributed by atoms with Gasteiger partial charge in [0, 0.05) is 13.1 Å². The summed E-state index contributed by atoms with van der Waals surface area (Å²) < 4.78 is 31.0. The minimum absolute atomic E-state index is 0.00778. The lowest BCUT2D eigenvalue weighted by Crippen LogP contribution is -2.65. The second-order valence-corrected chi connectivity index (χ2v) is 7.67. The lowest BCUT2D eigenvalue weighted by molar-refractivity contribution is -0.0932. The van der Waals surface area contributed by atoms with Crippen molar-refractivity contribution in [3.8, 4) is 5.75 Å². The first-order valence-corrected chi connectivity index (χ1v) is 8.08. The van der Waals surface area contributed by atoms with Gasteiger partial charge in [0.05, 0.1) is 22.6 Å². The van der Waals surface area contributed by atoms with E-state index in [1.54, 1.807) is 0 Å². The monoisotopic (exact) mass is 319 g/mol. The van der Waals surface area contributed by atoms with Gasteiger partial charge in [-0.2, -0.15) is 4.31 Å². The third-order valence-electron chi connectivity index (χ3n) is 3.74. The summed E-state index contributed by atoms with van der Waals surface area (Å²) in [6.07, 6.45) is 0. The molecule has 0 aromatic heterocycles. The zero-order valence-corrected chi connectivity index (χ0v) is 13.2. The van der Waals surface area contributed by atoms with Gasteiger partial charge in [-0.25, -0.2) is 8.42 Å². The van der Waals surface area contributed by atoms with Crippen LogP contribution in [0.1, 0.15) is 13.8 Å². The lowest BCUT2D eigenvalue weighted by Gasteiger charge is -2.47. The van der Waals surface area contributed by atoms with Crippen molar-refractivity contribution in [3.63, 3.8) is 0 Å². The molecule has 0 saturated carbocycles. The highest BCUT2D eigenvalue weighted by molar-refractivity contribution is 7.89. The summed E-state index contributed by atoms with van der Waals surface area (Å²) in [4.78, 5) is 0.106. The average Bonchev–Trinajstić information content (AvgIpc) is 2.34. The number of nitrogens with zero attached hydrogens (tertiary/aromatic N) is 1. The molecule has 0 bridgehead atoms. The summed E-state index contributed by atoms with van der Waals surface area (Å²) in [6, 6.07) is 4.33. The standard InChI is InChI=1S/C13H18ClNO4S/c1-9(2)13(16)7-15(8-13)20(17,18)10-4-5-12(19-3)11(14)6-10/h4-6,9,16H,7-8H2,1-3H3. The molecule has 1 aromatic carbocycles. The summed E-state index contributed by atoms with van der Waals surface area (Å²) in [5.41, 5.74) is -0.941. The molecule has 0 aliphatic carbocycles. The summed E-state index contributed by atoms with van der Waals surface area (Å²) in [6.45, 7) is 3.95. The van der Waals surface area contributed by atoms with E-state index in [0.717, 1.165) is 0 Å². The summed E-state index contributed by atoms with van der Waals surface area (Å²) >= 11 is 5.95. The average molecular weight is 320 g/mol. The molecule has 0 atom stereocenters. The van der Waals surface area contributed by atoms with Gasteiger partial charge in [-0.3, -0.25) is 0 Å². The Morgan fingerprint density at radius 3 is 2.45 bits per heavy atom. The molecule has 1 heterocycles. The van der Waals surface area contributed by atoms with Crippen molar-refractivity contribution in [1.82, 2.24) is 4.31 Å². The number of halogens is 1. The van der Waals surface area contributed by atoms with Crippen LogP contribution in [-0.2, 0) is 10.0 Å². The van der Waals surface area contributed by atoms with Crippen molar-refractivity contribution < 1.29 is 18.3 Å². The van der Waals surface area contributed by atoms with E-state index in [9.17, 15) is 13.5 Å². The highest BCUT2D eigenvalue weighted by atomic mass is 35.5. The number of benzene rings is 1. The Balaban J connectivity index is 2.23. The molecule has 1 aromatic rings. The van der Waals surface area contributed by atoms with E-state index in [1.165, 1.54) is 29.6 Å². The van der Waals surface area contributed by atoms with E-state index in [-0.39, 0.29) is 28.9 Å². The number of hydrogen-bond acceptors (Lipinski definition) is 4. The topological polar surface area (TPSA) is 66.8 Å². The molecule has 1 N–H and O–H groups in total. The fourth-order valence-corrected chi connectivity index (χ4v) is 3.97. The van der Waals surface area contributed by atoms with Crippen LogP contribution in [0.2, 0.25) is 5.02 Å². The van der Waals surface area contributed by atoms with Crippen molar-refractivity contribution >= 4 is 21.6 Å². The van der Waals surface area contributed by atoms with E-state index in [1.807, 2.05) is 13.8 Å². The number of sulfonamides is 1. The van der Waals surface area contributed by atoms with E-state index in [4.69, 9.17) is 16.3 Å². The molecule has 112 valence electrons. The Morgan fingerprint density at radius 2 is 2.00 bits per heavy atom. The van der Waals surface area contributed by atoms with Crippen LogP contribution in [0.5, 0.6) is 5.75 Å². The molecule has 0 spiro atoms. The number of β-amino-alcohol motifs (C(OH)–C–C–N with tert-alkyl or cyclic N) is 1. The van der Waals surface area contributed by atoms with Crippen LogP contribution in [-0.4, -0.2) is 43.6 Å². The zero-order chi connectivity index (χ0) is 15.1. The van der Waals surface area contributed by atoms with Gasteiger partial charge in [0.1, 0.15) is 5.75 Å². The maximum Gasteiger partial charge on any atom is 0.243 e. The van der Waals surface area contributed by atoms with E-state index in [0.29, 0.717) is 5.75 Å². The molecule has 0 radical (unpaired) electrons. The molecule has 7 heteroatoms. The molecular weight excluding hydrogens is 302 g/mol. The van der Waals surface area contributed by atoms with Gasteiger partial charge in [0.25, 0.3) is 0 Å².